The van der Waals surface area contributed by atoms with E-state index in [0.29, 0.717) is 6.42 Å². The van der Waals surface area contributed by atoms with Gasteiger partial charge in [-0.2, -0.15) is 0 Å². The van der Waals surface area contributed by atoms with E-state index in [1.807, 2.05) is 0 Å². The Morgan fingerprint density at radius 1 is 0.810 bits per heavy atom. The van der Waals surface area contributed by atoms with Gasteiger partial charge in [0, 0.05) is 6.42 Å². The van der Waals surface area contributed by atoms with Crippen LogP contribution in [0, 0.1) is 0 Å². The molecule has 0 aromatic rings. The Balaban J connectivity index is 3.34. The van der Waals surface area contributed by atoms with Gasteiger partial charge in [-0.1, -0.05) is 69.1 Å². The number of allylic oxidation sites excluding steroid dienone is 6. The van der Waals surface area contributed by atoms with Crippen LogP contribution in [0.2, 0.25) is 0 Å². The average molecular weight is 292 g/mol. The summed E-state index contributed by atoms with van der Waals surface area (Å²) in [6.45, 7) is 2.23. The van der Waals surface area contributed by atoms with E-state index in [9.17, 15) is 4.79 Å². The summed E-state index contributed by atoms with van der Waals surface area (Å²) in [7, 11) is 1.45. The van der Waals surface area contributed by atoms with E-state index in [4.69, 9.17) is 0 Å². The first-order valence-corrected chi connectivity index (χ1v) is 8.36. The van der Waals surface area contributed by atoms with Crippen molar-refractivity contribution in [3.05, 3.63) is 36.5 Å². The van der Waals surface area contributed by atoms with Crippen molar-refractivity contribution in [1.29, 1.82) is 0 Å². The first-order chi connectivity index (χ1) is 10.3. The fraction of sp³-hybridized carbons (Fsp3) is 0.632. The van der Waals surface area contributed by atoms with Crippen LogP contribution in [0.25, 0.3) is 0 Å². The van der Waals surface area contributed by atoms with Gasteiger partial charge in [-0.05, 0) is 32.1 Å². The van der Waals surface area contributed by atoms with Crippen LogP contribution in [-0.4, -0.2) is 13.1 Å². The standard InChI is InChI=1S/C19H32O2/c1-3-4-5-6-7-8-9-10-11-12-13-14-15-16-17-18-19(20)21-2/h7-12H,3-6,13-18H2,1-2H3/b8-7+,10-9+,12-11+. The van der Waals surface area contributed by atoms with Crippen molar-refractivity contribution >= 4 is 5.97 Å². The second kappa shape index (κ2) is 16.7. The normalized spacial score (nSPS) is 11.9. The number of unbranched alkanes of at least 4 members (excludes halogenated alkanes) is 7. The molecule has 0 amide bonds. The van der Waals surface area contributed by atoms with Gasteiger partial charge in [-0.3, -0.25) is 4.79 Å². The number of hydrogen-bond acceptors (Lipinski definition) is 2. The number of carbonyl (C=O) groups excluding carboxylic acids is 1. The average Bonchev–Trinajstić information content (AvgIpc) is 2.50. The lowest BCUT2D eigenvalue weighted by Crippen LogP contribution is -1.98. The Morgan fingerprint density at radius 2 is 1.38 bits per heavy atom. The van der Waals surface area contributed by atoms with Crippen molar-refractivity contribution in [3.8, 4) is 0 Å². The molecule has 0 aliphatic rings. The molecule has 0 aromatic heterocycles. The molecule has 0 aliphatic heterocycles. The molecule has 0 N–H and O–H groups in total. The molecular formula is C19H32O2. The fourth-order valence-corrected chi connectivity index (χ4v) is 1.98. The summed E-state index contributed by atoms with van der Waals surface area (Å²) in [4.78, 5) is 10.9. The van der Waals surface area contributed by atoms with Crippen molar-refractivity contribution in [2.45, 2.75) is 71.1 Å². The van der Waals surface area contributed by atoms with Crippen LogP contribution in [0.5, 0.6) is 0 Å². The van der Waals surface area contributed by atoms with E-state index in [1.165, 1.54) is 45.6 Å². The highest BCUT2D eigenvalue weighted by atomic mass is 16.5. The number of rotatable bonds is 13. The molecule has 0 radical (unpaired) electrons. The molecule has 2 heteroatoms. The van der Waals surface area contributed by atoms with Gasteiger partial charge < -0.3 is 4.74 Å². The third kappa shape index (κ3) is 16.6. The van der Waals surface area contributed by atoms with Gasteiger partial charge >= 0.3 is 5.97 Å². The van der Waals surface area contributed by atoms with Gasteiger partial charge in [-0.15, -0.1) is 0 Å². The summed E-state index contributed by atoms with van der Waals surface area (Å²) >= 11 is 0. The summed E-state index contributed by atoms with van der Waals surface area (Å²) in [5, 5.41) is 0. The molecule has 0 saturated carbocycles. The maximum absolute atomic E-state index is 10.9. The van der Waals surface area contributed by atoms with Crippen LogP contribution in [0.4, 0.5) is 0 Å². The molecule has 0 unspecified atom stereocenters. The van der Waals surface area contributed by atoms with E-state index in [0.717, 1.165) is 19.3 Å². The lowest BCUT2D eigenvalue weighted by atomic mass is 10.1. The molecule has 0 saturated heterocycles. The topological polar surface area (TPSA) is 26.3 Å². The predicted molar refractivity (Wildman–Crippen MR) is 91.3 cm³/mol. The zero-order chi connectivity index (χ0) is 15.6. The van der Waals surface area contributed by atoms with Gasteiger partial charge in [0.15, 0.2) is 0 Å². The Bertz CT molecular complexity index is 314. The lowest BCUT2D eigenvalue weighted by molar-refractivity contribution is -0.140. The highest BCUT2D eigenvalue weighted by molar-refractivity contribution is 5.68. The van der Waals surface area contributed by atoms with Crippen LogP contribution in [0.1, 0.15) is 71.1 Å². The Kier molecular flexibility index (Phi) is 15.7. The van der Waals surface area contributed by atoms with Gasteiger partial charge in [-0.25, -0.2) is 0 Å². The van der Waals surface area contributed by atoms with Crippen LogP contribution < -0.4 is 0 Å². The van der Waals surface area contributed by atoms with E-state index >= 15 is 0 Å². The van der Waals surface area contributed by atoms with Crippen molar-refractivity contribution in [3.63, 3.8) is 0 Å². The van der Waals surface area contributed by atoms with Crippen molar-refractivity contribution in [1.82, 2.24) is 0 Å². The van der Waals surface area contributed by atoms with E-state index < -0.39 is 0 Å². The van der Waals surface area contributed by atoms with Gasteiger partial charge in [0.05, 0.1) is 7.11 Å². The molecule has 0 heterocycles. The Labute approximate surface area is 131 Å². The summed E-state index contributed by atoms with van der Waals surface area (Å²) in [6.07, 6.45) is 24.1. The largest absolute Gasteiger partial charge is 0.469 e. The molecule has 0 aliphatic carbocycles. The van der Waals surface area contributed by atoms with E-state index in [1.54, 1.807) is 0 Å². The first-order valence-electron chi connectivity index (χ1n) is 8.36. The summed E-state index contributed by atoms with van der Waals surface area (Å²) in [5.74, 6) is -0.0946. The molecule has 0 aromatic carbocycles. The maximum Gasteiger partial charge on any atom is 0.305 e. The third-order valence-electron chi connectivity index (χ3n) is 3.31. The number of carbonyl (C=O) groups is 1. The molecule has 120 valence electrons. The van der Waals surface area contributed by atoms with Crippen LogP contribution in [0.15, 0.2) is 36.5 Å². The zero-order valence-electron chi connectivity index (χ0n) is 13.9. The molecule has 21 heavy (non-hydrogen) atoms. The molecule has 2 nitrogen and oxygen atoms in total. The molecule has 0 atom stereocenters. The minimum absolute atomic E-state index is 0.0946. The third-order valence-corrected chi connectivity index (χ3v) is 3.31. The van der Waals surface area contributed by atoms with Crippen molar-refractivity contribution in [2.75, 3.05) is 7.11 Å². The Morgan fingerprint density at radius 3 is 1.95 bits per heavy atom. The second-order valence-electron chi connectivity index (χ2n) is 5.27. The number of ether oxygens (including phenoxy) is 1. The summed E-state index contributed by atoms with van der Waals surface area (Å²) in [5.41, 5.74) is 0. The SMILES string of the molecule is CCCCC/C=C/C=C/C=C/CCCCCCC(=O)OC. The van der Waals surface area contributed by atoms with Gasteiger partial charge in [0.2, 0.25) is 0 Å². The fourth-order valence-electron chi connectivity index (χ4n) is 1.98. The quantitative estimate of drug-likeness (QED) is 0.245. The van der Waals surface area contributed by atoms with Crippen molar-refractivity contribution in [2.24, 2.45) is 0 Å². The molecule has 0 bridgehead atoms. The molecule has 0 rings (SSSR count). The number of esters is 1. The van der Waals surface area contributed by atoms with Gasteiger partial charge in [0.1, 0.15) is 0 Å². The maximum atomic E-state index is 10.9. The summed E-state index contributed by atoms with van der Waals surface area (Å²) < 4.78 is 4.61. The lowest BCUT2D eigenvalue weighted by Gasteiger charge is -1.98. The van der Waals surface area contributed by atoms with Crippen LogP contribution in [-0.2, 0) is 9.53 Å². The minimum atomic E-state index is -0.0946. The van der Waals surface area contributed by atoms with E-state index in [2.05, 4.69) is 48.1 Å². The second-order valence-corrected chi connectivity index (χ2v) is 5.27. The summed E-state index contributed by atoms with van der Waals surface area (Å²) in [6, 6.07) is 0. The number of hydrogen-bond donors (Lipinski definition) is 0. The number of methoxy groups -OCH3 is 1. The molecule has 0 fully saturated rings. The molecular weight excluding hydrogens is 260 g/mol. The first kappa shape index (κ1) is 19.7. The molecule has 0 spiro atoms. The van der Waals surface area contributed by atoms with E-state index in [-0.39, 0.29) is 5.97 Å². The van der Waals surface area contributed by atoms with Crippen LogP contribution in [0.3, 0.4) is 0 Å². The monoisotopic (exact) mass is 292 g/mol. The highest BCUT2D eigenvalue weighted by Gasteiger charge is 1.98. The zero-order valence-corrected chi connectivity index (χ0v) is 13.9. The predicted octanol–water partition coefficient (Wildman–Crippen LogP) is 5.75. The Hall–Kier alpha value is -1.31. The van der Waals surface area contributed by atoms with Crippen LogP contribution >= 0.6 is 0 Å². The highest BCUT2D eigenvalue weighted by Crippen LogP contribution is 2.06. The van der Waals surface area contributed by atoms with Crippen molar-refractivity contribution < 1.29 is 9.53 Å². The minimum Gasteiger partial charge on any atom is -0.469 e. The smallest absolute Gasteiger partial charge is 0.305 e. The van der Waals surface area contributed by atoms with Gasteiger partial charge in [0.25, 0.3) is 0 Å².